The summed E-state index contributed by atoms with van der Waals surface area (Å²) in [6, 6.07) is 13.2. The molecule has 0 amide bonds. The minimum atomic E-state index is 0.285. The van der Waals surface area contributed by atoms with Crippen molar-refractivity contribution in [3.8, 4) is 11.1 Å². The normalized spacial score (nSPS) is 13.5. The molecule has 1 aliphatic rings. The summed E-state index contributed by atoms with van der Waals surface area (Å²) in [7, 11) is 0. The van der Waals surface area contributed by atoms with Gasteiger partial charge in [-0.15, -0.1) is 0 Å². The minimum absolute atomic E-state index is 0.285. The van der Waals surface area contributed by atoms with Crippen LogP contribution >= 0.6 is 0 Å². The fourth-order valence-electron chi connectivity index (χ4n) is 6.03. The van der Waals surface area contributed by atoms with Crippen LogP contribution in [-0.4, -0.2) is 35.6 Å². The van der Waals surface area contributed by atoms with Crippen LogP contribution in [-0.2, 0) is 6.42 Å². The van der Waals surface area contributed by atoms with E-state index in [1.54, 1.807) is 24.8 Å². The highest BCUT2D eigenvalue weighted by Crippen LogP contribution is 2.42. The van der Waals surface area contributed by atoms with Crippen molar-refractivity contribution in [1.29, 1.82) is 0 Å². The predicted octanol–water partition coefficient (Wildman–Crippen LogP) is 7.83. The monoisotopic (exact) mass is 521 g/mol. The lowest BCUT2D eigenvalue weighted by atomic mass is 9.93. The van der Waals surface area contributed by atoms with Crippen LogP contribution in [0.5, 0.6) is 0 Å². The molecule has 0 bridgehead atoms. The summed E-state index contributed by atoms with van der Waals surface area (Å²) in [5.41, 5.74) is 11.0. The zero-order chi connectivity index (χ0) is 27.1. The molecule has 0 fully saturated rings. The average Bonchev–Trinajstić information content (AvgIpc) is 3.64. The SMILES string of the molecule is CC(C)C1=Nc2c(c3ccc(-c4ccc5c(c4)c4nccnc4c4[nH]c(C(C)C)nc54)cc3c3nccnc23)C1. The Morgan fingerprint density at radius 1 is 0.625 bits per heavy atom. The molecule has 1 N–H and O–H groups in total. The van der Waals surface area contributed by atoms with Crippen LogP contribution in [0.3, 0.4) is 0 Å². The number of aromatic nitrogens is 6. The predicted molar refractivity (Wildman–Crippen MR) is 162 cm³/mol. The topological polar surface area (TPSA) is 92.6 Å². The summed E-state index contributed by atoms with van der Waals surface area (Å²) in [6.45, 7) is 8.69. The van der Waals surface area contributed by atoms with Crippen LogP contribution in [0.25, 0.3) is 65.8 Å². The molecule has 1 aliphatic heterocycles. The average molecular weight is 522 g/mol. The van der Waals surface area contributed by atoms with Crippen LogP contribution in [0.15, 0.2) is 66.2 Å². The maximum atomic E-state index is 5.00. The van der Waals surface area contributed by atoms with Gasteiger partial charge in [0.2, 0.25) is 0 Å². The van der Waals surface area contributed by atoms with E-state index in [0.29, 0.717) is 5.92 Å². The van der Waals surface area contributed by atoms with E-state index in [1.807, 2.05) is 0 Å². The van der Waals surface area contributed by atoms with Crippen LogP contribution in [0.4, 0.5) is 5.69 Å². The van der Waals surface area contributed by atoms with Gasteiger partial charge in [-0.1, -0.05) is 52.0 Å². The molecule has 0 spiro atoms. The van der Waals surface area contributed by atoms with E-state index in [1.165, 1.54) is 16.7 Å². The molecule has 4 aromatic carbocycles. The summed E-state index contributed by atoms with van der Waals surface area (Å²) >= 11 is 0. The number of imidazole rings is 1. The van der Waals surface area contributed by atoms with Gasteiger partial charge < -0.3 is 4.98 Å². The molecule has 0 saturated carbocycles. The number of aliphatic imine (C=N–C) groups is 1. The number of nitrogens with zero attached hydrogens (tertiary/aromatic N) is 6. The lowest BCUT2D eigenvalue weighted by Crippen LogP contribution is -2.06. The van der Waals surface area contributed by atoms with Crippen LogP contribution < -0.4 is 0 Å². The third-order valence-electron chi connectivity index (χ3n) is 8.16. The molecule has 0 unspecified atom stereocenters. The number of H-pyrrole nitrogens is 1. The number of nitrogens with one attached hydrogen (secondary N) is 1. The molecular weight excluding hydrogens is 494 g/mol. The summed E-state index contributed by atoms with van der Waals surface area (Å²) in [4.78, 5) is 32.4. The number of rotatable bonds is 3. The summed E-state index contributed by atoms with van der Waals surface area (Å²) in [5.74, 6) is 1.63. The first-order chi connectivity index (χ1) is 19.5. The van der Waals surface area contributed by atoms with Crippen molar-refractivity contribution >= 4 is 66.0 Å². The van der Waals surface area contributed by atoms with Gasteiger partial charge >= 0.3 is 0 Å². The number of fused-ring (bicyclic) bond motifs is 12. The molecule has 7 heteroatoms. The van der Waals surface area contributed by atoms with Gasteiger partial charge in [0.1, 0.15) is 16.9 Å². The lowest BCUT2D eigenvalue weighted by Gasteiger charge is -2.12. The van der Waals surface area contributed by atoms with Crippen molar-refractivity contribution in [2.45, 2.75) is 40.0 Å². The summed E-state index contributed by atoms with van der Waals surface area (Å²) in [6.07, 6.45) is 7.89. The van der Waals surface area contributed by atoms with Gasteiger partial charge in [0, 0.05) is 59.0 Å². The summed E-state index contributed by atoms with van der Waals surface area (Å²) < 4.78 is 0. The zero-order valence-corrected chi connectivity index (χ0v) is 22.8. The number of hydrogen-bond acceptors (Lipinski definition) is 6. The maximum absolute atomic E-state index is 5.00. The molecule has 0 aliphatic carbocycles. The largest absolute Gasteiger partial charge is 0.340 e. The molecule has 40 heavy (non-hydrogen) atoms. The van der Waals surface area contributed by atoms with E-state index < -0.39 is 0 Å². The molecule has 0 atom stereocenters. The van der Waals surface area contributed by atoms with Crippen molar-refractivity contribution in [3.05, 3.63) is 72.6 Å². The van der Waals surface area contributed by atoms with E-state index in [0.717, 1.165) is 78.3 Å². The second-order valence-corrected chi connectivity index (χ2v) is 11.3. The van der Waals surface area contributed by atoms with Gasteiger partial charge in [-0.05, 0) is 40.1 Å². The zero-order valence-electron chi connectivity index (χ0n) is 22.8. The van der Waals surface area contributed by atoms with E-state index in [2.05, 4.69) is 69.1 Å². The molecular formula is C33H27N7. The lowest BCUT2D eigenvalue weighted by molar-refractivity contribution is 0.799. The van der Waals surface area contributed by atoms with E-state index in [-0.39, 0.29) is 5.92 Å². The standard InChI is InChI=1S/C33H27N7/c1-16(2)25-15-24-20-7-5-18(13-22(20)26-30(29(24)38-25)36-11-9-34-26)19-6-8-21-23(14-19)27-31(37-12-10-35-27)32-28(21)39-33(40-32)17(3)4/h5-14,16-17H,15H2,1-4H3,(H,39,40). The molecule has 4 heterocycles. The number of aromatic amines is 1. The quantitative estimate of drug-likeness (QED) is 0.239. The van der Waals surface area contributed by atoms with Gasteiger partial charge in [-0.2, -0.15) is 0 Å². The highest BCUT2D eigenvalue weighted by atomic mass is 14.9. The minimum Gasteiger partial charge on any atom is -0.340 e. The fourth-order valence-corrected chi connectivity index (χ4v) is 6.03. The van der Waals surface area contributed by atoms with Crippen LogP contribution in [0.2, 0.25) is 0 Å². The van der Waals surface area contributed by atoms with Crippen molar-refractivity contribution in [1.82, 2.24) is 29.9 Å². The Labute approximate surface area is 230 Å². The highest BCUT2D eigenvalue weighted by molar-refractivity contribution is 6.21. The van der Waals surface area contributed by atoms with Gasteiger partial charge in [0.25, 0.3) is 0 Å². The fraction of sp³-hybridized carbons (Fsp3) is 0.212. The van der Waals surface area contributed by atoms with Crippen molar-refractivity contribution in [2.24, 2.45) is 10.9 Å². The number of hydrogen-bond donors (Lipinski definition) is 1. The second-order valence-electron chi connectivity index (χ2n) is 11.3. The molecule has 194 valence electrons. The Kier molecular flexibility index (Phi) is 4.83. The Hall–Kier alpha value is -4.78. The summed E-state index contributed by atoms with van der Waals surface area (Å²) in [5, 5.41) is 4.42. The van der Waals surface area contributed by atoms with Crippen molar-refractivity contribution in [3.63, 3.8) is 0 Å². The first-order valence-corrected chi connectivity index (χ1v) is 13.8. The molecule has 0 radical (unpaired) electrons. The van der Waals surface area contributed by atoms with Gasteiger partial charge in [-0.25, -0.2) is 4.98 Å². The highest BCUT2D eigenvalue weighted by Gasteiger charge is 2.24. The molecule has 8 rings (SSSR count). The first-order valence-electron chi connectivity index (χ1n) is 13.8. The smallest absolute Gasteiger partial charge is 0.115 e. The Morgan fingerprint density at radius 3 is 1.90 bits per heavy atom. The Balaban J connectivity index is 1.37. The molecule has 0 saturated heterocycles. The Morgan fingerprint density at radius 2 is 1.23 bits per heavy atom. The second kappa shape index (κ2) is 8.36. The van der Waals surface area contributed by atoms with E-state index >= 15 is 0 Å². The Bertz CT molecular complexity index is 2210. The van der Waals surface area contributed by atoms with Crippen molar-refractivity contribution in [2.75, 3.05) is 0 Å². The maximum Gasteiger partial charge on any atom is 0.115 e. The third kappa shape index (κ3) is 3.24. The molecule has 7 aromatic rings. The first kappa shape index (κ1) is 23.1. The van der Waals surface area contributed by atoms with Gasteiger partial charge in [0.15, 0.2) is 0 Å². The van der Waals surface area contributed by atoms with E-state index in [9.17, 15) is 0 Å². The van der Waals surface area contributed by atoms with Gasteiger partial charge in [-0.3, -0.25) is 24.9 Å². The number of benzene rings is 4. The van der Waals surface area contributed by atoms with E-state index in [4.69, 9.17) is 29.9 Å². The molecule has 7 nitrogen and oxygen atoms in total. The van der Waals surface area contributed by atoms with Gasteiger partial charge in [0.05, 0.1) is 27.8 Å². The van der Waals surface area contributed by atoms with Crippen LogP contribution in [0, 0.1) is 5.92 Å². The van der Waals surface area contributed by atoms with Crippen molar-refractivity contribution < 1.29 is 0 Å². The molecule has 3 aromatic heterocycles. The van der Waals surface area contributed by atoms with Crippen LogP contribution in [0.1, 0.15) is 45.0 Å². The third-order valence-corrected chi connectivity index (χ3v) is 8.16.